The van der Waals surface area contributed by atoms with Crippen LogP contribution in [0.4, 0.5) is 0 Å². The molecule has 0 aliphatic rings. The Bertz CT molecular complexity index is 263. The van der Waals surface area contributed by atoms with Crippen LogP contribution in [0.5, 0.6) is 0 Å². The largest absolute Gasteiger partial charge is 0.469 e. The van der Waals surface area contributed by atoms with Gasteiger partial charge in [0.1, 0.15) is 0 Å². The van der Waals surface area contributed by atoms with E-state index >= 15 is 0 Å². The lowest BCUT2D eigenvalue weighted by Crippen LogP contribution is -2.47. The zero-order chi connectivity index (χ0) is 13.3. The number of esters is 1. The summed E-state index contributed by atoms with van der Waals surface area (Å²) < 4.78 is 4.57. The fourth-order valence-corrected chi connectivity index (χ4v) is 1.24. The van der Waals surface area contributed by atoms with Gasteiger partial charge in [-0.25, -0.2) is 0 Å². The van der Waals surface area contributed by atoms with Crippen LogP contribution in [0, 0.1) is 0 Å². The van der Waals surface area contributed by atoms with Crippen molar-refractivity contribution in [2.24, 2.45) is 4.99 Å². The average molecular weight is 371 g/mol. The summed E-state index contributed by atoms with van der Waals surface area (Å²) in [7, 11) is 3.16. The van der Waals surface area contributed by atoms with Crippen LogP contribution in [0.25, 0.3) is 0 Å². The number of aliphatic imine (C=N–C) groups is 1. The van der Waals surface area contributed by atoms with Crippen molar-refractivity contribution in [2.45, 2.75) is 45.6 Å². The summed E-state index contributed by atoms with van der Waals surface area (Å²) in [6, 6.07) is 0. The first kappa shape index (κ1) is 19.8. The Kier molecular flexibility index (Phi) is 11.4. The van der Waals surface area contributed by atoms with Gasteiger partial charge in [-0.1, -0.05) is 0 Å². The van der Waals surface area contributed by atoms with Gasteiger partial charge in [0, 0.05) is 25.6 Å². The van der Waals surface area contributed by atoms with E-state index < -0.39 is 0 Å². The van der Waals surface area contributed by atoms with Gasteiger partial charge < -0.3 is 15.4 Å². The zero-order valence-electron chi connectivity index (χ0n) is 12.0. The summed E-state index contributed by atoms with van der Waals surface area (Å²) >= 11 is 0. The number of nitrogens with zero attached hydrogens (tertiary/aromatic N) is 1. The second kappa shape index (κ2) is 10.4. The van der Waals surface area contributed by atoms with E-state index in [0.29, 0.717) is 6.42 Å². The van der Waals surface area contributed by atoms with Crippen LogP contribution >= 0.6 is 24.0 Å². The van der Waals surface area contributed by atoms with Crippen molar-refractivity contribution in [3.05, 3.63) is 0 Å². The number of hydrogen-bond donors (Lipinski definition) is 2. The molecule has 0 fully saturated rings. The van der Waals surface area contributed by atoms with E-state index in [2.05, 4.69) is 41.1 Å². The molecule has 6 heteroatoms. The number of rotatable bonds is 5. The molecular formula is C12H26IN3O2. The normalized spacial score (nSPS) is 11.5. The Balaban J connectivity index is 0. The fraction of sp³-hybridized carbons (Fsp3) is 0.833. The summed E-state index contributed by atoms with van der Waals surface area (Å²) in [5.74, 6) is 0.637. The van der Waals surface area contributed by atoms with Gasteiger partial charge in [0.25, 0.3) is 0 Å². The highest BCUT2D eigenvalue weighted by Crippen LogP contribution is 1.98. The summed E-state index contributed by atoms with van der Waals surface area (Å²) in [5.41, 5.74) is -0.00609. The van der Waals surface area contributed by atoms with Gasteiger partial charge in [-0.15, -0.1) is 24.0 Å². The van der Waals surface area contributed by atoms with E-state index in [1.807, 2.05) is 0 Å². The first-order valence-electron chi connectivity index (χ1n) is 5.94. The average Bonchev–Trinajstić information content (AvgIpc) is 2.25. The van der Waals surface area contributed by atoms with Gasteiger partial charge >= 0.3 is 5.97 Å². The Morgan fingerprint density at radius 3 is 2.33 bits per heavy atom. The summed E-state index contributed by atoms with van der Waals surface area (Å²) in [6.45, 7) is 7.04. The van der Waals surface area contributed by atoms with Crippen LogP contribution in [0.1, 0.15) is 40.0 Å². The molecule has 0 rings (SSSR count). The molecule has 0 aromatic rings. The molecule has 0 aromatic heterocycles. The molecule has 0 atom stereocenters. The predicted molar refractivity (Wildman–Crippen MR) is 85.5 cm³/mol. The number of carbonyl (C=O) groups excluding carboxylic acids is 1. The monoisotopic (exact) mass is 371 g/mol. The topological polar surface area (TPSA) is 62.7 Å². The molecule has 5 nitrogen and oxygen atoms in total. The number of guanidine groups is 1. The van der Waals surface area contributed by atoms with E-state index in [4.69, 9.17) is 0 Å². The van der Waals surface area contributed by atoms with Crippen molar-refractivity contribution in [1.29, 1.82) is 0 Å². The molecule has 0 saturated heterocycles. The van der Waals surface area contributed by atoms with Crippen molar-refractivity contribution < 1.29 is 9.53 Å². The maximum Gasteiger partial charge on any atom is 0.305 e. The highest BCUT2D eigenvalue weighted by molar-refractivity contribution is 14.0. The van der Waals surface area contributed by atoms with Crippen molar-refractivity contribution >= 4 is 35.9 Å². The molecule has 2 N–H and O–H groups in total. The lowest BCUT2D eigenvalue weighted by atomic mass is 10.1. The molecule has 108 valence electrons. The molecule has 18 heavy (non-hydrogen) atoms. The number of nitrogens with one attached hydrogen (secondary N) is 2. The quantitative estimate of drug-likeness (QED) is 0.255. The molecule has 0 heterocycles. The first-order chi connectivity index (χ1) is 7.89. The van der Waals surface area contributed by atoms with Crippen LogP contribution in [-0.2, 0) is 9.53 Å². The van der Waals surface area contributed by atoms with E-state index in [-0.39, 0.29) is 35.5 Å². The summed E-state index contributed by atoms with van der Waals surface area (Å²) in [4.78, 5) is 15.0. The van der Waals surface area contributed by atoms with Crippen LogP contribution < -0.4 is 10.6 Å². The van der Waals surface area contributed by atoms with Crippen molar-refractivity contribution in [3.63, 3.8) is 0 Å². The van der Waals surface area contributed by atoms with Crippen LogP contribution in [-0.4, -0.2) is 38.2 Å². The third-order valence-electron chi connectivity index (χ3n) is 2.04. The second-order valence-electron chi connectivity index (χ2n) is 4.91. The summed E-state index contributed by atoms with van der Waals surface area (Å²) in [6.07, 6.45) is 2.22. The molecule has 0 radical (unpaired) electrons. The third-order valence-corrected chi connectivity index (χ3v) is 2.04. The molecule has 0 aliphatic carbocycles. The smallest absolute Gasteiger partial charge is 0.305 e. The SMILES string of the molecule is CN=C(NCCCCC(=O)OC)NC(C)(C)C.I. The van der Waals surface area contributed by atoms with Crippen LogP contribution in [0.3, 0.4) is 0 Å². The minimum atomic E-state index is -0.151. The van der Waals surface area contributed by atoms with Gasteiger partial charge in [0.2, 0.25) is 0 Å². The van der Waals surface area contributed by atoms with Gasteiger partial charge in [0.05, 0.1) is 7.11 Å². The van der Waals surface area contributed by atoms with E-state index in [1.54, 1.807) is 7.05 Å². The predicted octanol–water partition coefficient (Wildman–Crippen LogP) is 1.91. The van der Waals surface area contributed by atoms with Gasteiger partial charge in [-0.3, -0.25) is 9.79 Å². The Hall–Kier alpha value is -0.530. The highest BCUT2D eigenvalue weighted by Gasteiger charge is 2.11. The highest BCUT2D eigenvalue weighted by atomic mass is 127. The molecule has 0 bridgehead atoms. The van der Waals surface area contributed by atoms with E-state index in [9.17, 15) is 4.79 Å². The molecule has 0 aliphatic heterocycles. The fourth-order valence-electron chi connectivity index (χ4n) is 1.24. The molecular weight excluding hydrogens is 345 g/mol. The lowest BCUT2D eigenvalue weighted by molar-refractivity contribution is -0.140. The zero-order valence-corrected chi connectivity index (χ0v) is 14.3. The summed E-state index contributed by atoms with van der Waals surface area (Å²) in [5, 5.41) is 6.47. The maximum atomic E-state index is 10.9. The molecule has 0 unspecified atom stereocenters. The number of methoxy groups -OCH3 is 1. The van der Waals surface area contributed by atoms with Crippen molar-refractivity contribution in [1.82, 2.24) is 10.6 Å². The number of carbonyl (C=O) groups is 1. The molecule has 0 spiro atoms. The standard InChI is InChI=1S/C12H25N3O2.HI/c1-12(2,3)15-11(13-4)14-9-7-6-8-10(16)17-5;/h6-9H2,1-5H3,(H2,13,14,15);1H. The maximum absolute atomic E-state index is 10.9. The van der Waals surface area contributed by atoms with E-state index in [0.717, 1.165) is 25.3 Å². The number of unbranched alkanes of at least 4 members (excludes halogenated alkanes) is 1. The minimum Gasteiger partial charge on any atom is -0.469 e. The first-order valence-corrected chi connectivity index (χ1v) is 5.94. The van der Waals surface area contributed by atoms with Crippen molar-refractivity contribution in [2.75, 3.05) is 20.7 Å². The Morgan fingerprint density at radius 2 is 1.89 bits per heavy atom. The van der Waals surface area contributed by atoms with Gasteiger partial charge in [-0.2, -0.15) is 0 Å². The minimum absolute atomic E-state index is 0. The molecule has 0 aromatic carbocycles. The van der Waals surface area contributed by atoms with Crippen LogP contribution in [0.2, 0.25) is 0 Å². The van der Waals surface area contributed by atoms with Crippen molar-refractivity contribution in [3.8, 4) is 0 Å². The van der Waals surface area contributed by atoms with E-state index in [1.165, 1.54) is 7.11 Å². The van der Waals surface area contributed by atoms with Gasteiger partial charge in [0.15, 0.2) is 5.96 Å². The van der Waals surface area contributed by atoms with Gasteiger partial charge in [-0.05, 0) is 33.6 Å². The third kappa shape index (κ3) is 11.9. The Morgan fingerprint density at radius 1 is 1.28 bits per heavy atom. The van der Waals surface area contributed by atoms with Crippen LogP contribution in [0.15, 0.2) is 4.99 Å². The molecule has 0 saturated carbocycles. The second-order valence-corrected chi connectivity index (χ2v) is 4.91. The number of hydrogen-bond acceptors (Lipinski definition) is 3. The number of ether oxygens (including phenoxy) is 1. The lowest BCUT2D eigenvalue weighted by Gasteiger charge is -2.23. The number of halogens is 1. The Labute approximate surface area is 127 Å². The molecule has 0 amide bonds.